The van der Waals surface area contributed by atoms with Gasteiger partial charge in [-0.05, 0) is 49.2 Å². The van der Waals surface area contributed by atoms with Gasteiger partial charge in [0.05, 0.1) is 6.61 Å². The molecule has 0 atom stereocenters. The van der Waals surface area contributed by atoms with E-state index in [-0.39, 0.29) is 11.6 Å². The summed E-state index contributed by atoms with van der Waals surface area (Å²) in [5.74, 6) is 1.04. The van der Waals surface area contributed by atoms with Crippen molar-refractivity contribution >= 4 is 23.1 Å². The zero-order valence-electron chi connectivity index (χ0n) is 15.4. The van der Waals surface area contributed by atoms with E-state index in [4.69, 9.17) is 4.74 Å². The van der Waals surface area contributed by atoms with Crippen molar-refractivity contribution in [3.05, 3.63) is 72.2 Å². The van der Waals surface area contributed by atoms with Crippen LogP contribution in [0.1, 0.15) is 29.9 Å². The number of nitrogens with zero attached hydrogens (tertiary/aromatic N) is 2. The summed E-state index contributed by atoms with van der Waals surface area (Å²) in [7, 11) is 0. The van der Waals surface area contributed by atoms with Gasteiger partial charge in [0.25, 0.3) is 5.91 Å². The van der Waals surface area contributed by atoms with Crippen LogP contribution < -0.4 is 15.4 Å². The second kappa shape index (κ2) is 8.80. The van der Waals surface area contributed by atoms with Gasteiger partial charge in [0.2, 0.25) is 0 Å². The fourth-order valence-electron chi connectivity index (χ4n) is 2.63. The highest BCUT2D eigenvalue weighted by Gasteiger charge is 2.10. The normalized spacial score (nSPS) is 10.3. The van der Waals surface area contributed by atoms with Crippen LogP contribution in [0.3, 0.4) is 0 Å². The predicted octanol–water partition coefficient (Wildman–Crippen LogP) is 4.43. The average Bonchev–Trinajstić information content (AvgIpc) is 2.70. The Morgan fingerprint density at radius 3 is 2.56 bits per heavy atom. The second-order valence-electron chi connectivity index (χ2n) is 5.84. The number of aromatic nitrogens is 2. The summed E-state index contributed by atoms with van der Waals surface area (Å²) in [4.78, 5) is 20.8. The third kappa shape index (κ3) is 4.82. The van der Waals surface area contributed by atoms with E-state index >= 15 is 0 Å². The van der Waals surface area contributed by atoms with Gasteiger partial charge in [0.15, 0.2) is 0 Å². The predicted molar refractivity (Wildman–Crippen MR) is 107 cm³/mol. The van der Waals surface area contributed by atoms with Crippen molar-refractivity contribution in [2.75, 3.05) is 17.2 Å². The molecular formula is C21H22N4O2. The molecule has 0 aliphatic rings. The summed E-state index contributed by atoms with van der Waals surface area (Å²) in [5.41, 5.74) is 3.11. The van der Waals surface area contributed by atoms with Gasteiger partial charge < -0.3 is 15.4 Å². The minimum absolute atomic E-state index is 0.287. The van der Waals surface area contributed by atoms with Crippen molar-refractivity contribution in [2.45, 2.75) is 20.3 Å². The van der Waals surface area contributed by atoms with Crippen molar-refractivity contribution in [3.8, 4) is 5.75 Å². The molecule has 0 saturated carbocycles. The lowest BCUT2D eigenvalue weighted by Crippen LogP contribution is -2.14. The number of hydrogen-bond donors (Lipinski definition) is 2. The van der Waals surface area contributed by atoms with Gasteiger partial charge in [-0.15, -0.1) is 0 Å². The number of amides is 1. The van der Waals surface area contributed by atoms with Gasteiger partial charge >= 0.3 is 0 Å². The third-order valence-electron chi connectivity index (χ3n) is 3.98. The van der Waals surface area contributed by atoms with E-state index in [2.05, 4.69) is 33.6 Å². The Morgan fingerprint density at radius 2 is 1.81 bits per heavy atom. The minimum atomic E-state index is -0.298. The van der Waals surface area contributed by atoms with Crippen LogP contribution in [-0.4, -0.2) is 22.5 Å². The van der Waals surface area contributed by atoms with E-state index in [0.717, 1.165) is 17.9 Å². The SMILES string of the molecule is CCOc1ccc(NC(=O)c2cc(Nc3ccccc3CC)ncn2)cc1. The molecule has 1 amide bonds. The molecule has 2 N–H and O–H groups in total. The van der Waals surface area contributed by atoms with Crippen LogP contribution in [0.2, 0.25) is 0 Å². The Morgan fingerprint density at radius 1 is 1.04 bits per heavy atom. The Balaban J connectivity index is 1.71. The van der Waals surface area contributed by atoms with E-state index in [1.165, 1.54) is 11.9 Å². The highest BCUT2D eigenvalue weighted by Crippen LogP contribution is 2.21. The molecule has 6 heteroatoms. The molecule has 3 rings (SSSR count). The molecule has 0 radical (unpaired) electrons. The first kappa shape index (κ1) is 18.4. The smallest absolute Gasteiger partial charge is 0.274 e. The number of carbonyl (C=O) groups excluding carboxylic acids is 1. The molecule has 0 aliphatic heterocycles. The molecular weight excluding hydrogens is 340 g/mol. The summed E-state index contributed by atoms with van der Waals surface area (Å²) in [6.07, 6.45) is 2.28. The number of nitrogens with one attached hydrogen (secondary N) is 2. The number of hydrogen-bond acceptors (Lipinski definition) is 5. The van der Waals surface area contributed by atoms with Crippen molar-refractivity contribution in [1.82, 2.24) is 9.97 Å². The van der Waals surface area contributed by atoms with E-state index < -0.39 is 0 Å². The van der Waals surface area contributed by atoms with Crippen LogP contribution in [0.4, 0.5) is 17.2 Å². The monoisotopic (exact) mass is 362 g/mol. The molecule has 27 heavy (non-hydrogen) atoms. The zero-order chi connectivity index (χ0) is 19.1. The van der Waals surface area contributed by atoms with Crippen LogP contribution in [0.25, 0.3) is 0 Å². The first-order chi connectivity index (χ1) is 13.2. The van der Waals surface area contributed by atoms with Gasteiger partial charge in [-0.2, -0.15) is 0 Å². The molecule has 2 aromatic carbocycles. The van der Waals surface area contributed by atoms with Crippen LogP contribution in [0.15, 0.2) is 60.9 Å². The van der Waals surface area contributed by atoms with E-state index in [0.29, 0.717) is 18.1 Å². The first-order valence-electron chi connectivity index (χ1n) is 8.90. The quantitative estimate of drug-likeness (QED) is 0.650. The third-order valence-corrected chi connectivity index (χ3v) is 3.98. The number of benzene rings is 2. The number of ether oxygens (including phenoxy) is 1. The lowest BCUT2D eigenvalue weighted by Gasteiger charge is -2.11. The fraction of sp³-hybridized carbons (Fsp3) is 0.190. The lowest BCUT2D eigenvalue weighted by molar-refractivity contribution is 0.102. The minimum Gasteiger partial charge on any atom is -0.494 e. The molecule has 6 nitrogen and oxygen atoms in total. The van der Waals surface area contributed by atoms with Crippen LogP contribution >= 0.6 is 0 Å². The Hall–Kier alpha value is -3.41. The van der Waals surface area contributed by atoms with Crippen LogP contribution in [0, 0.1) is 0 Å². The Kier molecular flexibility index (Phi) is 5.99. The number of anilines is 3. The summed E-state index contributed by atoms with van der Waals surface area (Å²) in [5, 5.41) is 6.09. The molecule has 0 bridgehead atoms. The average molecular weight is 362 g/mol. The molecule has 0 saturated heterocycles. The van der Waals surface area contributed by atoms with Crippen molar-refractivity contribution in [3.63, 3.8) is 0 Å². The zero-order valence-corrected chi connectivity index (χ0v) is 15.4. The van der Waals surface area contributed by atoms with Crippen LogP contribution in [0.5, 0.6) is 5.75 Å². The summed E-state index contributed by atoms with van der Waals surface area (Å²) in [6.45, 7) is 4.62. The van der Waals surface area contributed by atoms with Gasteiger partial charge in [0.1, 0.15) is 23.6 Å². The van der Waals surface area contributed by atoms with Crippen LogP contribution in [-0.2, 0) is 6.42 Å². The molecule has 138 valence electrons. The molecule has 1 heterocycles. The Labute approximate surface area is 158 Å². The topological polar surface area (TPSA) is 76.1 Å². The molecule has 0 unspecified atom stereocenters. The molecule has 1 aromatic heterocycles. The highest BCUT2D eigenvalue weighted by molar-refractivity contribution is 6.03. The maximum atomic E-state index is 12.5. The van der Waals surface area contributed by atoms with Crippen molar-refractivity contribution in [1.29, 1.82) is 0 Å². The van der Waals surface area contributed by atoms with Gasteiger partial charge in [0, 0.05) is 17.4 Å². The lowest BCUT2D eigenvalue weighted by atomic mass is 10.1. The largest absolute Gasteiger partial charge is 0.494 e. The molecule has 0 aliphatic carbocycles. The standard InChI is InChI=1S/C21H22N4O2/c1-3-15-7-5-6-8-18(15)25-20-13-19(22-14-23-20)21(26)24-16-9-11-17(12-10-16)27-4-2/h5-14H,3-4H2,1-2H3,(H,24,26)(H,22,23,25). The van der Waals surface area contributed by atoms with E-state index in [1.807, 2.05) is 37.3 Å². The maximum absolute atomic E-state index is 12.5. The number of aryl methyl sites for hydroxylation is 1. The van der Waals surface area contributed by atoms with Gasteiger partial charge in [-0.3, -0.25) is 4.79 Å². The van der Waals surface area contributed by atoms with Crippen molar-refractivity contribution < 1.29 is 9.53 Å². The van der Waals surface area contributed by atoms with Gasteiger partial charge in [-0.1, -0.05) is 25.1 Å². The number of carbonyl (C=O) groups is 1. The fourth-order valence-corrected chi connectivity index (χ4v) is 2.63. The van der Waals surface area contributed by atoms with Crippen molar-refractivity contribution in [2.24, 2.45) is 0 Å². The summed E-state index contributed by atoms with van der Waals surface area (Å²) < 4.78 is 5.40. The molecule has 3 aromatic rings. The maximum Gasteiger partial charge on any atom is 0.274 e. The summed E-state index contributed by atoms with van der Waals surface area (Å²) >= 11 is 0. The second-order valence-corrected chi connectivity index (χ2v) is 5.84. The number of para-hydroxylation sites is 1. The Bertz CT molecular complexity index is 910. The molecule has 0 spiro atoms. The van der Waals surface area contributed by atoms with E-state index in [1.54, 1.807) is 18.2 Å². The van der Waals surface area contributed by atoms with E-state index in [9.17, 15) is 4.79 Å². The summed E-state index contributed by atoms with van der Waals surface area (Å²) in [6, 6.07) is 16.9. The first-order valence-corrected chi connectivity index (χ1v) is 8.90. The molecule has 0 fully saturated rings. The number of rotatable bonds is 7. The van der Waals surface area contributed by atoms with Gasteiger partial charge in [-0.25, -0.2) is 9.97 Å². The highest BCUT2D eigenvalue weighted by atomic mass is 16.5.